The summed E-state index contributed by atoms with van der Waals surface area (Å²) in [6.45, 7) is 8.84. The molecule has 2 aliphatic rings. The summed E-state index contributed by atoms with van der Waals surface area (Å²) in [6.07, 6.45) is 4.03. The smallest absolute Gasteiger partial charge is 0.00106 e. The molecule has 1 atom stereocenters. The lowest BCUT2D eigenvalue weighted by Crippen LogP contribution is -2.49. The minimum Gasteiger partial charge on any atom is -0.316 e. The molecule has 0 bridgehead atoms. The Balaban J connectivity index is 1.40. The minimum absolute atomic E-state index is 0.863. The average Bonchev–Trinajstić information content (AvgIpc) is 2.40. The van der Waals surface area contributed by atoms with Crippen molar-refractivity contribution in [2.45, 2.75) is 26.2 Å². The second-order valence-corrected chi connectivity index (χ2v) is 6.83. The fourth-order valence-electron chi connectivity index (χ4n) is 3.59. The van der Waals surface area contributed by atoms with Gasteiger partial charge in [-0.05, 0) is 68.8 Å². The lowest BCUT2D eigenvalue weighted by Gasteiger charge is -2.38. The fraction of sp³-hybridized carbons (Fsp3) is 0.667. The van der Waals surface area contributed by atoms with Crippen molar-refractivity contribution < 1.29 is 0 Å². The Morgan fingerprint density at radius 1 is 1.15 bits per heavy atom. The van der Waals surface area contributed by atoms with Gasteiger partial charge < -0.3 is 10.2 Å². The van der Waals surface area contributed by atoms with Crippen molar-refractivity contribution in [3.05, 3.63) is 35.9 Å². The van der Waals surface area contributed by atoms with E-state index in [1.54, 1.807) is 0 Å². The van der Waals surface area contributed by atoms with Crippen LogP contribution in [0.1, 0.15) is 25.3 Å². The van der Waals surface area contributed by atoms with Crippen LogP contribution in [0.25, 0.3) is 0 Å². The van der Waals surface area contributed by atoms with E-state index in [0.717, 1.165) is 17.8 Å². The van der Waals surface area contributed by atoms with Gasteiger partial charge >= 0.3 is 0 Å². The number of likely N-dealkylation sites (tertiary alicyclic amines) is 1. The van der Waals surface area contributed by atoms with Crippen LogP contribution in [0.15, 0.2) is 30.3 Å². The lowest BCUT2D eigenvalue weighted by molar-refractivity contribution is 0.128. The molecule has 2 heteroatoms. The van der Waals surface area contributed by atoms with Gasteiger partial charge in [0.25, 0.3) is 0 Å². The molecule has 0 spiro atoms. The lowest BCUT2D eigenvalue weighted by atomic mass is 9.86. The standard InChI is InChI=1S/C18H28N2/c1-15(18-12-19-13-18)14-20-9-7-17(8-10-20)11-16-5-3-2-4-6-16/h2-6,15,17-19H,7-14H2,1H3. The highest BCUT2D eigenvalue weighted by molar-refractivity contribution is 5.15. The van der Waals surface area contributed by atoms with E-state index in [1.807, 2.05) is 0 Å². The second-order valence-electron chi connectivity index (χ2n) is 6.83. The van der Waals surface area contributed by atoms with Gasteiger partial charge in [0, 0.05) is 6.54 Å². The van der Waals surface area contributed by atoms with Crippen molar-refractivity contribution in [2.24, 2.45) is 17.8 Å². The number of rotatable bonds is 5. The largest absolute Gasteiger partial charge is 0.316 e. The van der Waals surface area contributed by atoms with Crippen LogP contribution in [0.3, 0.4) is 0 Å². The van der Waals surface area contributed by atoms with E-state index in [1.165, 1.54) is 57.5 Å². The van der Waals surface area contributed by atoms with Crippen molar-refractivity contribution in [1.29, 1.82) is 0 Å². The first kappa shape index (κ1) is 14.1. The van der Waals surface area contributed by atoms with Gasteiger partial charge in [0.15, 0.2) is 0 Å². The second kappa shape index (κ2) is 6.73. The molecule has 20 heavy (non-hydrogen) atoms. The molecule has 1 N–H and O–H groups in total. The molecule has 1 aromatic carbocycles. The summed E-state index contributed by atoms with van der Waals surface area (Å²) in [4.78, 5) is 2.70. The van der Waals surface area contributed by atoms with Crippen LogP contribution in [0.4, 0.5) is 0 Å². The van der Waals surface area contributed by atoms with E-state index in [9.17, 15) is 0 Å². The molecule has 110 valence electrons. The molecule has 2 fully saturated rings. The SMILES string of the molecule is CC(CN1CCC(Cc2ccccc2)CC1)C1CNC1. The van der Waals surface area contributed by atoms with E-state index in [4.69, 9.17) is 0 Å². The maximum atomic E-state index is 3.40. The minimum atomic E-state index is 0.863. The van der Waals surface area contributed by atoms with Gasteiger partial charge in [0.2, 0.25) is 0 Å². The molecule has 0 amide bonds. The zero-order valence-electron chi connectivity index (χ0n) is 12.7. The first-order valence-electron chi connectivity index (χ1n) is 8.28. The van der Waals surface area contributed by atoms with E-state index in [-0.39, 0.29) is 0 Å². The molecule has 0 aromatic heterocycles. The van der Waals surface area contributed by atoms with Gasteiger partial charge in [-0.2, -0.15) is 0 Å². The molecule has 2 nitrogen and oxygen atoms in total. The molecular formula is C18H28N2. The Morgan fingerprint density at radius 2 is 1.85 bits per heavy atom. The topological polar surface area (TPSA) is 15.3 Å². The van der Waals surface area contributed by atoms with E-state index < -0.39 is 0 Å². The molecule has 0 aliphatic carbocycles. The third-order valence-electron chi connectivity index (χ3n) is 5.24. The third kappa shape index (κ3) is 3.62. The number of hydrogen-bond acceptors (Lipinski definition) is 2. The Bertz CT molecular complexity index is 391. The Hall–Kier alpha value is -0.860. The monoisotopic (exact) mass is 272 g/mol. The highest BCUT2D eigenvalue weighted by atomic mass is 15.1. The molecule has 0 radical (unpaired) electrons. The van der Waals surface area contributed by atoms with Crippen LogP contribution in [0.5, 0.6) is 0 Å². The van der Waals surface area contributed by atoms with Crippen molar-refractivity contribution in [3.63, 3.8) is 0 Å². The molecule has 1 aromatic rings. The highest BCUT2D eigenvalue weighted by Crippen LogP contribution is 2.24. The van der Waals surface area contributed by atoms with Crippen molar-refractivity contribution in [1.82, 2.24) is 10.2 Å². The molecule has 3 rings (SSSR count). The summed E-state index contributed by atoms with van der Waals surface area (Å²) in [7, 11) is 0. The van der Waals surface area contributed by atoms with Crippen LogP contribution in [0, 0.1) is 17.8 Å². The molecule has 0 saturated carbocycles. The quantitative estimate of drug-likeness (QED) is 0.886. The summed E-state index contributed by atoms with van der Waals surface area (Å²) >= 11 is 0. The Morgan fingerprint density at radius 3 is 2.45 bits per heavy atom. The summed E-state index contributed by atoms with van der Waals surface area (Å²) in [5.41, 5.74) is 1.51. The number of piperidine rings is 1. The van der Waals surface area contributed by atoms with Crippen molar-refractivity contribution in [2.75, 3.05) is 32.7 Å². The van der Waals surface area contributed by atoms with Crippen LogP contribution in [-0.2, 0) is 6.42 Å². The summed E-state index contributed by atoms with van der Waals surface area (Å²) < 4.78 is 0. The molecule has 2 heterocycles. The predicted octanol–water partition coefficient (Wildman–Crippen LogP) is 2.80. The van der Waals surface area contributed by atoms with Gasteiger partial charge in [-0.3, -0.25) is 0 Å². The van der Waals surface area contributed by atoms with E-state index in [0.29, 0.717) is 0 Å². The predicted molar refractivity (Wildman–Crippen MR) is 84.8 cm³/mol. The first-order valence-corrected chi connectivity index (χ1v) is 8.28. The first-order chi connectivity index (χ1) is 9.81. The highest BCUT2D eigenvalue weighted by Gasteiger charge is 2.27. The number of nitrogens with one attached hydrogen (secondary N) is 1. The maximum absolute atomic E-state index is 3.40. The molecule has 2 aliphatic heterocycles. The summed E-state index contributed by atoms with van der Waals surface area (Å²) in [6, 6.07) is 11.0. The van der Waals surface area contributed by atoms with Gasteiger partial charge in [0.05, 0.1) is 0 Å². The Kier molecular flexibility index (Phi) is 4.74. The summed E-state index contributed by atoms with van der Waals surface area (Å²) in [5, 5.41) is 3.40. The average molecular weight is 272 g/mol. The fourth-order valence-corrected chi connectivity index (χ4v) is 3.59. The zero-order valence-corrected chi connectivity index (χ0v) is 12.7. The van der Waals surface area contributed by atoms with E-state index in [2.05, 4.69) is 47.5 Å². The van der Waals surface area contributed by atoms with Gasteiger partial charge in [-0.25, -0.2) is 0 Å². The normalized spacial score (nSPS) is 23.4. The van der Waals surface area contributed by atoms with Crippen LogP contribution >= 0.6 is 0 Å². The number of benzene rings is 1. The third-order valence-corrected chi connectivity index (χ3v) is 5.24. The van der Waals surface area contributed by atoms with Crippen LogP contribution in [0.2, 0.25) is 0 Å². The van der Waals surface area contributed by atoms with E-state index >= 15 is 0 Å². The zero-order chi connectivity index (χ0) is 13.8. The summed E-state index contributed by atoms with van der Waals surface area (Å²) in [5.74, 6) is 2.69. The number of hydrogen-bond donors (Lipinski definition) is 1. The molecule has 1 unspecified atom stereocenters. The Labute approximate surface area is 123 Å². The van der Waals surface area contributed by atoms with Crippen molar-refractivity contribution in [3.8, 4) is 0 Å². The van der Waals surface area contributed by atoms with Gasteiger partial charge in [-0.1, -0.05) is 37.3 Å². The van der Waals surface area contributed by atoms with Crippen LogP contribution in [-0.4, -0.2) is 37.6 Å². The van der Waals surface area contributed by atoms with Gasteiger partial charge in [-0.15, -0.1) is 0 Å². The maximum Gasteiger partial charge on any atom is 0.00106 e. The van der Waals surface area contributed by atoms with Gasteiger partial charge in [0.1, 0.15) is 0 Å². The molecular weight excluding hydrogens is 244 g/mol. The molecule has 2 saturated heterocycles. The van der Waals surface area contributed by atoms with Crippen molar-refractivity contribution >= 4 is 0 Å². The van der Waals surface area contributed by atoms with Crippen LogP contribution < -0.4 is 5.32 Å². The number of nitrogens with zero attached hydrogens (tertiary/aromatic N) is 1.